The molecular weight excluding hydrogens is 312 g/mol. The number of nitrogens with zero attached hydrogens (tertiary/aromatic N) is 4. The molecule has 1 heterocycles. The summed E-state index contributed by atoms with van der Waals surface area (Å²) in [6, 6.07) is 0.564. The molecule has 1 aromatic heterocycles. The number of aryl methyl sites for hydroxylation is 1. The van der Waals surface area contributed by atoms with Crippen molar-refractivity contribution in [2.24, 2.45) is 17.5 Å². The van der Waals surface area contributed by atoms with Gasteiger partial charge in [-0.05, 0) is 44.4 Å². The van der Waals surface area contributed by atoms with Crippen molar-refractivity contribution < 1.29 is 0 Å². The first-order valence-electron chi connectivity index (χ1n) is 10.0. The first kappa shape index (κ1) is 18.2. The van der Waals surface area contributed by atoms with Gasteiger partial charge in [0.25, 0.3) is 0 Å². The Kier molecular flexibility index (Phi) is 5.97. The molecule has 140 valence electrons. The van der Waals surface area contributed by atoms with Crippen LogP contribution in [-0.2, 0) is 13.6 Å². The third kappa shape index (κ3) is 4.53. The largest absolute Gasteiger partial charge is 0.356 e. The van der Waals surface area contributed by atoms with Gasteiger partial charge in [0, 0.05) is 19.6 Å². The molecule has 0 aromatic carbocycles. The topological polar surface area (TPSA) is 67.1 Å². The maximum Gasteiger partial charge on any atom is 0.191 e. The summed E-state index contributed by atoms with van der Waals surface area (Å²) in [6.07, 6.45) is 11.8. The average Bonchev–Trinajstić information content (AvgIpc) is 3.35. The van der Waals surface area contributed by atoms with Crippen LogP contribution in [-0.4, -0.2) is 33.3 Å². The van der Waals surface area contributed by atoms with E-state index in [1.807, 2.05) is 18.5 Å². The molecule has 0 aliphatic heterocycles. The molecule has 2 aliphatic carbocycles. The van der Waals surface area contributed by atoms with E-state index in [4.69, 9.17) is 4.99 Å². The van der Waals surface area contributed by atoms with Crippen LogP contribution in [0.15, 0.2) is 4.99 Å². The van der Waals surface area contributed by atoms with Crippen molar-refractivity contribution >= 4 is 5.96 Å². The van der Waals surface area contributed by atoms with Crippen LogP contribution in [0.4, 0.5) is 0 Å². The number of nitrogens with one attached hydrogen (secondary N) is 2. The molecule has 0 bridgehead atoms. The zero-order valence-electron chi connectivity index (χ0n) is 16.1. The van der Waals surface area contributed by atoms with Gasteiger partial charge >= 0.3 is 0 Å². The lowest BCUT2D eigenvalue weighted by molar-refractivity contribution is 0.283. The maximum atomic E-state index is 4.83. The molecule has 2 saturated carbocycles. The minimum absolute atomic E-state index is 0.458. The molecule has 1 aromatic rings. The molecule has 6 heteroatoms. The summed E-state index contributed by atoms with van der Waals surface area (Å²) in [5.41, 5.74) is 0.458. The molecule has 25 heavy (non-hydrogen) atoms. The van der Waals surface area contributed by atoms with Gasteiger partial charge in [0.05, 0.1) is 0 Å². The first-order valence-corrected chi connectivity index (χ1v) is 10.0. The standard InChI is InChI=1S/C19H34N6/c1-4-19(11-7-8-12-19)14-21-18(22-16-9-5-6-10-16)20-13-17-24-23-15(2)25(17)3/h16H,4-14H2,1-3H3,(H2,20,21,22). The smallest absolute Gasteiger partial charge is 0.191 e. The van der Waals surface area contributed by atoms with Crippen LogP contribution < -0.4 is 10.6 Å². The van der Waals surface area contributed by atoms with E-state index in [2.05, 4.69) is 27.8 Å². The SMILES string of the molecule is CCC1(CNC(=NCc2nnc(C)n2C)NC2CCCC2)CCCC1. The third-order valence-corrected chi connectivity index (χ3v) is 6.30. The van der Waals surface area contributed by atoms with Gasteiger partial charge in [0.2, 0.25) is 0 Å². The summed E-state index contributed by atoms with van der Waals surface area (Å²) in [6.45, 7) is 5.90. The summed E-state index contributed by atoms with van der Waals surface area (Å²) >= 11 is 0. The lowest BCUT2D eigenvalue weighted by Crippen LogP contribution is -2.46. The molecule has 0 saturated heterocycles. The second-order valence-electron chi connectivity index (χ2n) is 7.93. The van der Waals surface area contributed by atoms with Crippen LogP contribution in [0.2, 0.25) is 0 Å². The minimum Gasteiger partial charge on any atom is -0.356 e. The molecule has 2 N–H and O–H groups in total. The first-order chi connectivity index (χ1) is 12.1. The normalized spacial score (nSPS) is 21.0. The molecular formula is C19H34N6. The zero-order chi connectivity index (χ0) is 17.7. The van der Waals surface area contributed by atoms with E-state index in [9.17, 15) is 0 Å². The van der Waals surface area contributed by atoms with Crippen molar-refractivity contribution in [3.63, 3.8) is 0 Å². The van der Waals surface area contributed by atoms with Gasteiger partial charge in [-0.15, -0.1) is 10.2 Å². The lowest BCUT2D eigenvalue weighted by Gasteiger charge is -2.29. The van der Waals surface area contributed by atoms with Gasteiger partial charge in [-0.25, -0.2) is 4.99 Å². The number of guanidine groups is 1. The number of hydrogen-bond acceptors (Lipinski definition) is 3. The summed E-state index contributed by atoms with van der Waals surface area (Å²) in [5, 5.41) is 15.7. The lowest BCUT2D eigenvalue weighted by atomic mass is 9.83. The van der Waals surface area contributed by atoms with E-state index in [1.165, 1.54) is 57.8 Å². The molecule has 0 unspecified atom stereocenters. The van der Waals surface area contributed by atoms with E-state index < -0.39 is 0 Å². The fraction of sp³-hybridized carbons (Fsp3) is 0.842. The molecule has 0 amide bonds. The Morgan fingerprint density at radius 2 is 1.92 bits per heavy atom. The minimum atomic E-state index is 0.458. The highest BCUT2D eigenvalue weighted by molar-refractivity contribution is 5.80. The Labute approximate surface area is 151 Å². The number of aliphatic imine (C=N–C) groups is 1. The summed E-state index contributed by atoms with van der Waals surface area (Å²) in [5.74, 6) is 2.79. The second-order valence-corrected chi connectivity index (χ2v) is 7.93. The van der Waals surface area contributed by atoms with Crippen LogP contribution in [0.3, 0.4) is 0 Å². The summed E-state index contributed by atoms with van der Waals surface area (Å²) in [4.78, 5) is 4.83. The summed E-state index contributed by atoms with van der Waals surface area (Å²) < 4.78 is 2.02. The molecule has 2 aliphatic rings. The molecule has 2 fully saturated rings. The van der Waals surface area contributed by atoms with Gasteiger partial charge < -0.3 is 15.2 Å². The Morgan fingerprint density at radius 3 is 2.52 bits per heavy atom. The van der Waals surface area contributed by atoms with Crippen LogP contribution in [0.5, 0.6) is 0 Å². The molecule has 0 radical (unpaired) electrons. The predicted molar refractivity (Wildman–Crippen MR) is 101 cm³/mol. The van der Waals surface area contributed by atoms with Crippen molar-refractivity contribution in [2.75, 3.05) is 6.54 Å². The number of aromatic nitrogens is 3. The second kappa shape index (κ2) is 8.19. The Hall–Kier alpha value is -1.59. The Morgan fingerprint density at radius 1 is 1.20 bits per heavy atom. The van der Waals surface area contributed by atoms with E-state index in [1.54, 1.807) is 0 Å². The van der Waals surface area contributed by atoms with Gasteiger partial charge in [-0.2, -0.15) is 0 Å². The summed E-state index contributed by atoms with van der Waals surface area (Å²) in [7, 11) is 2.00. The van der Waals surface area contributed by atoms with Crippen molar-refractivity contribution in [1.29, 1.82) is 0 Å². The van der Waals surface area contributed by atoms with Crippen LogP contribution >= 0.6 is 0 Å². The van der Waals surface area contributed by atoms with Crippen molar-refractivity contribution in [3.8, 4) is 0 Å². The zero-order valence-corrected chi connectivity index (χ0v) is 16.1. The molecule has 0 spiro atoms. The van der Waals surface area contributed by atoms with Gasteiger partial charge in [-0.1, -0.05) is 32.6 Å². The maximum absolute atomic E-state index is 4.83. The third-order valence-electron chi connectivity index (χ3n) is 6.30. The van der Waals surface area contributed by atoms with Crippen LogP contribution in [0, 0.1) is 12.3 Å². The van der Waals surface area contributed by atoms with Crippen molar-refractivity contribution in [3.05, 3.63) is 11.6 Å². The van der Waals surface area contributed by atoms with Crippen molar-refractivity contribution in [1.82, 2.24) is 25.4 Å². The molecule has 6 nitrogen and oxygen atoms in total. The predicted octanol–water partition coefficient (Wildman–Crippen LogP) is 3.07. The number of hydrogen-bond donors (Lipinski definition) is 2. The van der Waals surface area contributed by atoms with E-state index in [-0.39, 0.29) is 0 Å². The average molecular weight is 347 g/mol. The number of rotatable bonds is 6. The quantitative estimate of drug-likeness (QED) is 0.614. The van der Waals surface area contributed by atoms with E-state index >= 15 is 0 Å². The molecule has 0 atom stereocenters. The highest BCUT2D eigenvalue weighted by atomic mass is 15.3. The fourth-order valence-electron chi connectivity index (χ4n) is 4.21. The fourth-order valence-corrected chi connectivity index (χ4v) is 4.21. The van der Waals surface area contributed by atoms with Gasteiger partial charge in [-0.3, -0.25) is 0 Å². The van der Waals surface area contributed by atoms with E-state index in [0.29, 0.717) is 18.0 Å². The highest BCUT2D eigenvalue weighted by Gasteiger charge is 2.32. The molecule has 3 rings (SSSR count). The van der Waals surface area contributed by atoms with Gasteiger partial charge in [0.1, 0.15) is 12.4 Å². The van der Waals surface area contributed by atoms with Gasteiger partial charge in [0.15, 0.2) is 11.8 Å². The monoisotopic (exact) mass is 346 g/mol. The van der Waals surface area contributed by atoms with Crippen molar-refractivity contribution in [2.45, 2.75) is 84.2 Å². The van der Waals surface area contributed by atoms with Crippen LogP contribution in [0.1, 0.15) is 76.4 Å². The Bertz CT molecular complexity index is 579. The Balaban J connectivity index is 1.65. The highest BCUT2D eigenvalue weighted by Crippen LogP contribution is 2.40. The van der Waals surface area contributed by atoms with Crippen LogP contribution in [0.25, 0.3) is 0 Å². The van der Waals surface area contributed by atoms with E-state index in [0.717, 1.165) is 24.2 Å².